The number of nitrogens with zero attached hydrogens (tertiary/aromatic N) is 5. The Balaban J connectivity index is 2.01. The first-order chi connectivity index (χ1) is 15.2. The van der Waals surface area contributed by atoms with Crippen LogP contribution in [0.3, 0.4) is 0 Å². The summed E-state index contributed by atoms with van der Waals surface area (Å²) in [5.41, 5.74) is 1.34. The second-order valence-electron chi connectivity index (χ2n) is 7.36. The van der Waals surface area contributed by atoms with Crippen LogP contribution in [0.15, 0.2) is 54.0 Å². The maximum absolute atomic E-state index is 13.2. The molecule has 1 atom stereocenters. The number of halogens is 3. The van der Waals surface area contributed by atoms with Crippen molar-refractivity contribution in [1.29, 1.82) is 0 Å². The zero-order chi connectivity index (χ0) is 23.0. The van der Waals surface area contributed by atoms with Crippen molar-refractivity contribution < 1.29 is 18.3 Å². The second kappa shape index (κ2) is 8.12. The van der Waals surface area contributed by atoms with Crippen molar-refractivity contribution >= 4 is 10.9 Å². The number of aryl methyl sites for hydroxylation is 1. The summed E-state index contributed by atoms with van der Waals surface area (Å²) in [5, 5.41) is 9.69. The highest BCUT2D eigenvalue weighted by molar-refractivity contribution is 5.94. The van der Waals surface area contributed by atoms with Crippen molar-refractivity contribution in [2.75, 3.05) is 6.61 Å². The molecule has 0 saturated carbocycles. The minimum absolute atomic E-state index is 0.218. The molecular weight excluding hydrogens is 423 g/mol. The van der Waals surface area contributed by atoms with Crippen LogP contribution in [0.2, 0.25) is 0 Å². The number of hydrogen-bond acceptors (Lipinski definition) is 6. The number of rotatable bonds is 4. The van der Waals surface area contributed by atoms with E-state index in [-0.39, 0.29) is 17.7 Å². The van der Waals surface area contributed by atoms with Crippen LogP contribution < -0.4 is 5.56 Å². The van der Waals surface area contributed by atoms with E-state index in [0.29, 0.717) is 22.3 Å². The predicted octanol–water partition coefficient (Wildman–Crippen LogP) is 3.80. The topological polar surface area (TPSA) is 93.8 Å². The number of aliphatic hydroxyl groups excluding tert-OH is 1. The summed E-state index contributed by atoms with van der Waals surface area (Å²) >= 11 is 0. The molecule has 0 aliphatic rings. The van der Waals surface area contributed by atoms with Gasteiger partial charge in [-0.2, -0.15) is 13.2 Å². The van der Waals surface area contributed by atoms with E-state index in [4.69, 9.17) is 0 Å². The van der Waals surface area contributed by atoms with Crippen molar-refractivity contribution in [3.05, 3.63) is 70.8 Å². The third-order valence-electron chi connectivity index (χ3n) is 5.15. The van der Waals surface area contributed by atoms with Gasteiger partial charge < -0.3 is 5.11 Å². The van der Waals surface area contributed by atoms with Crippen molar-refractivity contribution in [3.63, 3.8) is 0 Å². The maximum Gasteiger partial charge on any atom is 0.433 e. The van der Waals surface area contributed by atoms with Gasteiger partial charge in [-0.05, 0) is 43.7 Å². The zero-order valence-electron chi connectivity index (χ0n) is 17.1. The first-order valence-electron chi connectivity index (χ1n) is 9.68. The van der Waals surface area contributed by atoms with Crippen LogP contribution in [0.4, 0.5) is 13.2 Å². The lowest BCUT2D eigenvalue weighted by Crippen LogP contribution is -2.26. The first kappa shape index (κ1) is 21.6. The van der Waals surface area contributed by atoms with E-state index in [2.05, 4.69) is 19.9 Å². The molecule has 0 spiro atoms. The van der Waals surface area contributed by atoms with Gasteiger partial charge in [0.1, 0.15) is 11.2 Å². The molecular formula is C22H18F3N5O2. The Morgan fingerprint density at radius 1 is 1.16 bits per heavy atom. The Kier molecular flexibility index (Phi) is 5.47. The van der Waals surface area contributed by atoms with Crippen LogP contribution in [0.5, 0.6) is 0 Å². The minimum Gasteiger partial charge on any atom is -0.394 e. The fourth-order valence-corrected chi connectivity index (χ4v) is 3.31. The number of hydrogen-bond donors (Lipinski definition) is 1. The van der Waals surface area contributed by atoms with Gasteiger partial charge in [-0.15, -0.1) is 0 Å². The standard InChI is InChI=1S/C22H18F3N5O2/c1-12-5-6-26-9-16(12)20-19-15(21(32)30(11-28-19)13(2)10-31)7-17(29-20)14-3-4-18(27-8-14)22(23,24)25/h3-9,11,13,31H,10H2,1-2H3/t13-/m0/s1. The molecule has 7 nitrogen and oxygen atoms in total. The molecule has 4 aromatic rings. The van der Waals surface area contributed by atoms with Gasteiger partial charge in [-0.25, -0.2) is 9.97 Å². The summed E-state index contributed by atoms with van der Waals surface area (Å²) in [7, 11) is 0. The van der Waals surface area contributed by atoms with Crippen LogP contribution in [0.25, 0.3) is 33.4 Å². The average molecular weight is 441 g/mol. The van der Waals surface area contributed by atoms with E-state index in [1.807, 2.05) is 6.92 Å². The molecule has 0 saturated heterocycles. The Morgan fingerprint density at radius 3 is 2.56 bits per heavy atom. The fraction of sp³-hybridized carbons (Fsp3) is 0.227. The van der Waals surface area contributed by atoms with Crippen LogP contribution in [-0.2, 0) is 6.18 Å². The number of aromatic nitrogens is 5. The summed E-state index contributed by atoms with van der Waals surface area (Å²) in [4.78, 5) is 29.8. The summed E-state index contributed by atoms with van der Waals surface area (Å²) < 4.78 is 40.0. The summed E-state index contributed by atoms with van der Waals surface area (Å²) in [6.07, 6.45) is 1.07. The smallest absolute Gasteiger partial charge is 0.394 e. The van der Waals surface area contributed by atoms with E-state index in [1.165, 1.54) is 23.0 Å². The van der Waals surface area contributed by atoms with E-state index < -0.39 is 23.5 Å². The van der Waals surface area contributed by atoms with Crippen molar-refractivity contribution in [2.45, 2.75) is 26.1 Å². The van der Waals surface area contributed by atoms with Crippen molar-refractivity contribution in [3.8, 4) is 22.5 Å². The highest BCUT2D eigenvalue weighted by atomic mass is 19.4. The molecule has 0 radical (unpaired) electrons. The zero-order valence-corrected chi connectivity index (χ0v) is 17.1. The van der Waals surface area contributed by atoms with Gasteiger partial charge in [0.05, 0.1) is 35.8 Å². The van der Waals surface area contributed by atoms with Gasteiger partial charge in [-0.3, -0.25) is 19.3 Å². The monoisotopic (exact) mass is 441 g/mol. The van der Waals surface area contributed by atoms with Gasteiger partial charge >= 0.3 is 6.18 Å². The van der Waals surface area contributed by atoms with Gasteiger partial charge in [0.15, 0.2) is 0 Å². The highest BCUT2D eigenvalue weighted by Crippen LogP contribution is 2.32. The van der Waals surface area contributed by atoms with Gasteiger partial charge in [0.2, 0.25) is 0 Å². The van der Waals surface area contributed by atoms with Crippen molar-refractivity contribution in [1.82, 2.24) is 24.5 Å². The van der Waals surface area contributed by atoms with E-state index in [1.54, 1.807) is 25.4 Å². The van der Waals surface area contributed by atoms with Crippen LogP contribution >= 0.6 is 0 Å². The number of alkyl halides is 3. The summed E-state index contributed by atoms with van der Waals surface area (Å²) in [6, 6.07) is 4.88. The van der Waals surface area contributed by atoms with E-state index in [0.717, 1.165) is 17.8 Å². The van der Waals surface area contributed by atoms with Crippen LogP contribution in [0.1, 0.15) is 24.2 Å². The molecule has 4 heterocycles. The van der Waals surface area contributed by atoms with Crippen LogP contribution in [0, 0.1) is 6.92 Å². The normalized spacial score (nSPS) is 12.8. The first-order valence-corrected chi connectivity index (χ1v) is 9.68. The molecule has 4 rings (SSSR count). The molecule has 0 fully saturated rings. The molecule has 0 bridgehead atoms. The molecule has 0 aromatic carbocycles. The highest BCUT2D eigenvalue weighted by Gasteiger charge is 2.32. The second-order valence-corrected chi connectivity index (χ2v) is 7.36. The quantitative estimate of drug-likeness (QED) is 0.518. The maximum atomic E-state index is 13.2. The van der Waals surface area contributed by atoms with E-state index in [9.17, 15) is 23.1 Å². The molecule has 0 unspecified atom stereocenters. The summed E-state index contributed by atoms with van der Waals surface area (Å²) in [6.45, 7) is 3.26. The minimum atomic E-state index is -4.56. The Labute approximate surface area is 180 Å². The van der Waals surface area contributed by atoms with Crippen molar-refractivity contribution in [2.24, 2.45) is 0 Å². The molecule has 0 aliphatic heterocycles. The lowest BCUT2D eigenvalue weighted by Gasteiger charge is -2.15. The van der Waals surface area contributed by atoms with Gasteiger partial charge in [0, 0.05) is 29.7 Å². The molecule has 4 aromatic heterocycles. The largest absolute Gasteiger partial charge is 0.433 e. The fourth-order valence-electron chi connectivity index (χ4n) is 3.31. The Morgan fingerprint density at radius 2 is 1.94 bits per heavy atom. The molecule has 0 aliphatic carbocycles. The SMILES string of the molecule is Cc1ccncc1-c1nc(-c2ccc(C(F)(F)F)nc2)cc2c(=O)n([C@@H](C)CO)cnc12. The third-order valence-corrected chi connectivity index (χ3v) is 5.15. The molecule has 1 N–H and O–H groups in total. The number of fused-ring (bicyclic) bond motifs is 1. The lowest BCUT2D eigenvalue weighted by molar-refractivity contribution is -0.141. The Bertz CT molecular complexity index is 1350. The lowest BCUT2D eigenvalue weighted by atomic mass is 10.0. The van der Waals surface area contributed by atoms with Gasteiger partial charge in [-0.1, -0.05) is 0 Å². The van der Waals surface area contributed by atoms with Gasteiger partial charge in [0.25, 0.3) is 5.56 Å². The number of aliphatic hydroxyl groups is 1. The number of pyridine rings is 3. The van der Waals surface area contributed by atoms with E-state index >= 15 is 0 Å². The molecule has 10 heteroatoms. The average Bonchev–Trinajstić information content (AvgIpc) is 2.78. The summed E-state index contributed by atoms with van der Waals surface area (Å²) in [5.74, 6) is 0. The predicted molar refractivity (Wildman–Crippen MR) is 112 cm³/mol. The Hall–Kier alpha value is -3.66. The third kappa shape index (κ3) is 3.84. The van der Waals surface area contributed by atoms with Crippen LogP contribution in [-0.4, -0.2) is 36.2 Å². The molecule has 32 heavy (non-hydrogen) atoms. The molecule has 0 amide bonds. The molecule has 164 valence electrons.